The van der Waals surface area contributed by atoms with Gasteiger partial charge in [-0.25, -0.2) is 0 Å². The molecule has 2 saturated carbocycles. The number of benzene rings is 1. The highest BCUT2D eigenvalue weighted by atomic mass is 32.3. The monoisotopic (exact) mass is 356 g/mol. The van der Waals surface area contributed by atoms with E-state index in [9.17, 15) is 13.5 Å². The number of fused-ring (bicyclic) bond motifs is 5. The molecule has 3 aliphatic rings. The topological polar surface area (TPSA) is 83.8 Å². The van der Waals surface area contributed by atoms with Gasteiger partial charge in [-0.2, -0.15) is 8.42 Å². The number of hydrogen-bond acceptors (Lipinski definition) is 4. The van der Waals surface area contributed by atoms with Crippen LogP contribution in [0.15, 0.2) is 18.2 Å². The average Bonchev–Trinajstić information content (AvgIpc) is 2.77. The van der Waals surface area contributed by atoms with E-state index >= 15 is 0 Å². The van der Waals surface area contributed by atoms with Gasteiger partial charge in [-0.15, -0.1) is 0 Å². The van der Waals surface area contributed by atoms with Crippen LogP contribution in [0.1, 0.15) is 61.5 Å². The van der Waals surface area contributed by atoms with Crippen molar-refractivity contribution < 1.29 is 27.7 Å². The lowest BCUT2D eigenvalue weighted by atomic mass is 9.55. The van der Waals surface area contributed by atoms with Crippen molar-refractivity contribution in [1.82, 2.24) is 0 Å². The molecule has 0 saturated heterocycles. The quantitative estimate of drug-likeness (QED) is 0.796. The van der Waals surface area contributed by atoms with Crippen LogP contribution >= 0.6 is 0 Å². The van der Waals surface area contributed by atoms with Crippen molar-refractivity contribution in [1.29, 1.82) is 0 Å². The van der Waals surface area contributed by atoms with Crippen molar-refractivity contribution in [3.8, 4) is 5.75 Å². The first-order chi connectivity index (χ1) is 12.8. The lowest BCUT2D eigenvalue weighted by Gasteiger charge is -2.50. The Morgan fingerprint density at radius 3 is 2.96 bits per heavy atom. The molecule has 1 aromatic rings. The molecule has 5 nitrogen and oxygen atoms in total. The third-order valence-electron chi connectivity index (χ3n) is 6.32. The summed E-state index contributed by atoms with van der Waals surface area (Å²) in [4.78, 5) is 0. The van der Waals surface area contributed by atoms with E-state index in [1.165, 1.54) is 6.07 Å². The Balaban J connectivity index is 1.74. The molecule has 2 N–H and O–H groups in total. The fraction of sp³-hybridized carbons (Fsp3) is 0.667. The molecular formula is C18H24O5S. The fourth-order valence-electron chi connectivity index (χ4n) is 5.09. The van der Waals surface area contributed by atoms with Crippen LogP contribution < -0.4 is 4.18 Å². The van der Waals surface area contributed by atoms with Crippen molar-refractivity contribution in [2.75, 3.05) is 0 Å². The molecule has 1 aromatic carbocycles. The van der Waals surface area contributed by atoms with Gasteiger partial charge in [0, 0.05) is 2.74 Å². The highest BCUT2D eigenvalue weighted by Gasteiger charge is 2.54. The van der Waals surface area contributed by atoms with Crippen LogP contribution in [0.3, 0.4) is 0 Å². The predicted octanol–water partition coefficient (Wildman–Crippen LogP) is 3.09. The Kier molecular flexibility index (Phi) is 2.78. The summed E-state index contributed by atoms with van der Waals surface area (Å²) in [5, 5.41) is 10.6. The molecule has 2 fully saturated rings. The van der Waals surface area contributed by atoms with Crippen LogP contribution in [-0.4, -0.2) is 24.2 Å². The average molecular weight is 356 g/mol. The van der Waals surface area contributed by atoms with Gasteiger partial charge in [-0.1, -0.05) is 13.0 Å². The Morgan fingerprint density at radius 2 is 2.21 bits per heavy atom. The van der Waals surface area contributed by atoms with Crippen LogP contribution in [0.2, 0.25) is 0 Å². The SMILES string of the molecule is [2H]c1cc2c(c([2H])c1OS(=O)(=O)O)CC[C@@H]1[C@@H]2CC[C@@]2(C)[C@H]1CC([2H])([2H])[C@@H]2O. The Labute approximate surface area is 148 Å². The second kappa shape index (κ2) is 5.44. The van der Waals surface area contributed by atoms with Gasteiger partial charge < -0.3 is 9.29 Å². The second-order valence-corrected chi connectivity index (χ2v) is 8.48. The van der Waals surface area contributed by atoms with Crippen molar-refractivity contribution in [3.63, 3.8) is 0 Å². The van der Waals surface area contributed by atoms with Crippen LogP contribution in [-0.2, 0) is 16.8 Å². The molecule has 0 bridgehead atoms. The first-order valence-electron chi connectivity index (χ1n) is 10.3. The van der Waals surface area contributed by atoms with Gasteiger partial charge in [0.05, 0.1) is 8.85 Å². The minimum Gasteiger partial charge on any atom is -0.393 e. The Bertz CT molecular complexity index is 934. The molecule has 0 aromatic heterocycles. The van der Waals surface area contributed by atoms with E-state index in [1.54, 1.807) is 0 Å². The zero-order chi connectivity index (χ0) is 20.6. The van der Waals surface area contributed by atoms with Crippen molar-refractivity contribution in [2.45, 2.75) is 57.4 Å². The van der Waals surface area contributed by atoms with Gasteiger partial charge in [0.2, 0.25) is 0 Å². The Morgan fingerprint density at radius 1 is 1.42 bits per heavy atom. The zero-order valence-corrected chi connectivity index (χ0v) is 14.3. The fourth-order valence-corrected chi connectivity index (χ4v) is 5.39. The molecule has 6 heteroatoms. The molecule has 24 heavy (non-hydrogen) atoms. The van der Waals surface area contributed by atoms with E-state index in [2.05, 4.69) is 4.18 Å². The molecule has 5 atom stereocenters. The summed E-state index contributed by atoms with van der Waals surface area (Å²) in [6, 6.07) is 1.07. The molecule has 0 radical (unpaired) electrons. The maximum atomic E-state index is 11.1. The standard InChI is InChI=1S/C18H24O5S/c1-18-9-8-14-13-5-3-12(23-24(20,21)22)10-11(13)2-4-15(14)16(18)6-7-17(18)19/h3,5,10,14-17,19H,2,4,6-9H2,1H3,(H,20,21,22)/t14-,15-,16+,17+,18+/m1/s1/i3D,7D2,10D. The summed E-state index contributed by atoms with van der Waals surface area (Å²) in [5.41, 5.74) is 0.961. The van der Waals surface area contributed by atoms with Crippen LogP contribution in [0.25, 0.3) is 0 Å². The lowest BCUT2D eigenvalue weighted by Crippen LogP contribution is -2.43. The zero-order valence-electron chi connectivity index (χ0n) is 17.4. The van der Waals surface area contributed by atoms with Gasteiger partial charge in [0.1, 0.15) is 5.75 Å². The highest BCUT2D eigenvalue weighted by Crippen LogP contribution is 2.60. The van der Waals surface area contributed by atoms with Crippen molar-refractivity contribution in [2.24, 2.45) is 17.3 Å². The molecule has 4 rings (SSSR count). The first kappa shape index (κ1) is 12.3. The normalized spacial score (nSPS) is 42.6. The lowest BCUT2D eigenvalue weighted by molar-refractivity contribution is -0.0226. The van der Waals surface area contributed by atoms with E-state index in [1.807, 2.05) is 6.92 Å². The van der Waals surface area contributed by atoms with Crippen molar-refractivity contribution >= 4 is 10.4 Å². The maximum Gasteiger partial charge on any atom is 0.446 e. The number of rotatable bonds is 2. The summed E-state index contributed by atoms with van der Waals surface area (Å²) in [6.07, 6.45) is 0.239. The number of hydrogen-bond donors (Lipinski definition) is 2. The number of aliphatic hydroxyl groups excluding tert-OH is 1. The summed E-state index contributed by atoms with van der Waals surface area (Å²) < 4.78 is 68.3. The van der Waals surface area contributed by atoms with E-state index in [-0.39, 0.29) is 29.8 Å². The largest absolute Gasteiger partial charge is 0.446 e. The molecule has 0 aliphatic heterocycles. The van der Waals surface area contributed by atoms with Crippen molar-refractivity contribution in [3.05, 3.63) is 29.3 Å². The van der Waals surface area contributed by atoms with Gasteiger partial charge in [-0.3, -0.25) is 4.55 Å². The third kappa shape index (κ3) is 2.55. The third-order valence-corrected chi connectivity index (χ3v) is 6.70. The van der Waals surface area contributed by atoms with Crippen LogP contribution in [0, 0.1) is 17.3 Å². The molecular weight excluding hydrogens is 328 g/mol. The smallest absolute Gasteiger partial charge is 0.393 e. The summed E-state index contributed by atoms with van der Waals surface area (Å²) >= 11 is 0. The minimum atomic E-state index is -4.82. The van der Waals surface area contributed by atoms with Gasteiger partial charge in [0.25, 0.3) is 0 Å². The van der Waals surface area contributed by atoms with Crippen LogP contribution in [0.4, 0.5) is 0 Å². The number of aliphatic hydroxyl groups is 1. The second-order valence-electron chi connectivity index (χ2n) is 7.46. The van der Waals surface area contributed by atoms with Gasteiger partial charge in [-0.05, 0) is 84.9 Å². The Hall–Kier alpha value is -1.11. The first-order valence-corrected chi connectivity index (χ1v) is 9.69. The molecule has 0 spiro atoms. The molecule has 0 heterocycles. The minimum absolute atomic E-state index is 0.0153. The van der Waals surface area contributed by atoms with E-state index in [0.717, 1.165) is 12.0 Å². The summed E-state index contributed by atoms with van der Waals surface area (Å²) in [5.74, 6) is -0.268. The maximum absolute atomic E-state index is 11.1. The molecule has 0 unspecified atom stereocenters. The molecule has 3 aliphatic carbocycles. The predicted molar refractivity (Wildman–Crippen MR) is 89.2 cm³/mol. The van der Waals surface area contributed by atoms with E-state index < -0.39 is 34.0 Å². The van der Waals surface area contributed by atoms with Gasteiger partial charge >= 0.3 is 10.4 Å². The molecule has 132 valence electrons. The highest BCUT2D eigenvalue weighted by molar-refractivity contribution is 7.81. The van der Waals surface area contributed by atoms with E-state index in [0.29, 0.717) is 31.2 Å². The summed E-state index contributed by atoms with van der Waals surface area (Å²) in [7, 11) is -4.82. The summed E-state index contributed by atoms with van der Waals surface area (Å²) in [6.45, 7) is 1.97. The van der Waals surface area contributed by atoms with Crippen LogP contribution in [0.5, 0.6) is 5.75 Å². The van der Waals surface area contributed by atoms with Gasteiger partial charge in [0.15, 0.2) is 0 Å². The van der Waals surface area contributed by atoms with E-state index in [4.69, 9.17) is 10.0 Å². The molecule has 0 amide bonds.